The van der Waals surface area contributed by atoms with Crippen LogP contribution in [0.3, 0.4) is 0 Å². The minimum absolute atomic E-state index is 0.0102. The van der Waals surface area contributed by atoms with Crippen molar-refractivity contribution in [2.45, 2.75) is 26.9 Å². The van der Waals surface area contributed by atoms with E-state index in [4.69, 9.17) is 18.9 Å². The van der Waals surface area contributed by atoms with Crippen LogP contribution in [0.2, 0.25) is 0 Å². The zero-order valence-corrected chi connectivity index (χ0v) is 22.8. The fraction of sp³-hybridized carbons (Fsp3) is 0.259. The quantitative estimate of drug-likeness (QED) is 0.150. The Hall–Kier alpha value is -4.12. The Kier molecular flexibility index (Phi) is 10.5. The van der Waals surface area contributed by atoms with E-state index >= 15 is 0 Å². The molecule has 3 aromatic rings. The van der Waals surface area contributed by atoms with Crippen LogP contribution in [0.4, 0.5) is 5.69 Å². The minimum atomic E-state index is -0.454. The first-order chi connectivity index (χ1) is 18.4. The molecule has 0 aromatic heterocycles. The summed E-state index contributed by atoms with van der Waals surface area (Å²) in [6.45, 7) is 5.05. The highest BCUT2D eigenvalue weighted by molar-refractivity contribution is 9.10. The van der Waals surface area contributed by atoms with Crippen LogP contribution in [0.15, 0.2) is 64.2 Å². The summed E-state index contributed by atoms with van der Waals surface area (Å²) >= 11 is 3.48. The highest BCUT2D eigenvalue weighted by atomic mass is 79.9. The molecule has 0 aliphatic carbocycles. The number of hydrogen-bond acceptors (Lipinski definition) is 8. The Morgan fingerprint density at radius 3 is 2.45 bits per heavy atom. The molecule has 0 saturated carbocycles. The lowest BCUT2D eigenvalue weighted by Crippen LogP contribution is -2.17. The summed E-state index contributed by atoms with van der Waals surface area (Å²) in [5, 5.41) is 14.9. The van der Waals surface area contributed by atoms with E-state index in [1.807, 2.05) is 13.8 Å². The maximum atomic E-state index is 12.6. The van der Waals surface area contributed by atoms with E-state index < -0.39 is 10.8 Å². The van der Waals surface area contributed by atoms with E-state index in [9.17, 15) is 14.9 Å². The predicted molar refractivity (Wildman–Crippen MR) is 147 cm³/mol. The number of nitrogens with zero attached hydrogens (tertiary/aromatic N) is 2. The number of nitrogens with one attached hydrogen (secondary N) is 1. The van der Waals surface area contributed by atoms with Crippen LogP contribution in [-0.4, -0.2) is 37.4 Å². The van der Waals surface area contributed by atoms with Crippen LogP contribution in [0.1, 0.15) is 41.8 Å². The number of non-ortho nitro benzene ring substituents is 1. The number of amides is 1. The Labute approximate surface area is 228 Å². The Morgan fingerprint density at radius 1 is 1.03 bits per heavy atom. The van der Waals surface area contributed by atoms with E-state index in [1.165, 1.54) is 25.5 Å². The molecule has 0 aliphatic rings. The number of carbonyl (C=O) groups is 1. The fourth-order valence-corrected chi connectivity index (χ4v) is 3.88. The molecule has 1 N–H and O–H groups in total. The first kappa shape index (κ1) is 28.5. The first-order valence-corrected chi connectivity index (χ1v) is 12.6. The lowest BCUT2D eigenvalue weighted by molar-refractivity contribution is -0.384. The van der Waals surface area contributed by atoms with Gasteiger partial charge in [-0.2, -0.15) is 5.10 Å². The molecule has 200 valence electrons. The molecule has 1 amide bonds. The topological polar surface area (TPSA) is 122 Å². The summed E-state index contributed by atoms with van der Waals surface area (Å²) < 4.78 is 23.2. The number of methoxy groups -OCH3 is 1. The molecule has 10 nitrogen and oxygen atoms in total. The molecule has 0 bridgehead atoms. The second kappa shape index (κ2) is 14.0. The summed E-state index contributed by atoms with van der Waals surface area (Å²) in [6.07, 6.45) is 2.34. The summed E-state index contributed by atoms with van der Waals surface area (Å²) in [4.78, 5) is 23.0. The van der Waals surface area contributed by atoms with Gasteiger partial charge in [0, 0.05) is 17.7 Å². The van der Waals surface area contributed by atoms with Crippen molar-refractivity contribution in [3.8, 4) is 23.0 Å². The van der Waals surface area contributed by atoms with Crippen LogP contribution < -0.4 is 24.4 Å². The monoisotopic (exact) mass is 585 g/mol. The maximum Gasteiger partial charge on any atom is 0.271 e. The molecule has 38 heavy (non-hydrogen) atoms. The van der Waals surface area contributed by atoms with Crippen molar-refractivity contribution in [3.05, 3.63) is 85.9 Å². The van der Waals surface area contributed by atoms with Crippen LogP contribution in [0, 0.1) is 10.1 Å². The Bertz CT molecular complexity index is 1300. The zero-order valence-electron chi connectivity index (χ0n) is 21.2. The second-order valence-corrected chi connectivity index (χ2v) is 8.74. The Balaban J connectivity index is 1.67. The van der Waals surface area contributed by atoms with Gasteiger partial charge in [-0.15, -0.1) is 0 Å². The highest BCUT2D eigenvalue weighted by Gasteiger charge is 2.14. The number of benzene rings is 3. The summed E-state index contributed by atoms with van der Waals surface area (Å²) in [5.41, 5.74) is 4.30. The van der Waals surface area contributed by atoms with E-state index in [0.717, 1.165) is 12.0 Å². The summed E-state index contributed by atoms with van der Waals surface area (Å²) in [7, 11) is 1.51. The number of nitro benzene ring substituents is 1. The average molecular weight is 586 g/mol. The molecule has 11 heteroatoms. The van der Waals surface area contributed by atoms with Crippen molar-refractivity contribution >= 4 is 33.7 Å². The van der Waals surface area contributed by atoms with Crippen molar-refractivity contribution in [1.29, 1.82) is 0 Å². The highest BCUT2D eigenvalue weighted by Crippen LogP contribution is 2.37. The maximum absolute atomic E-state index is 12.6. The van der Waals surface area contributed by atoms with E-state index in [0.29, 0.717) is 51.8 Å². The number of nitro groups is 1. The van der Waals surface area contributed by atoms with Gasteiger partial charge in [-0.1, -0.05) is 6.92 Å². The average Bonchev–Trinajstić information content (AvgIpc) is 2.91. The smallest absolute Gasteiger partial charge is 0.271 e. The lowest BCUT2D eigenvalue weighted by atomic mass is 10.2. The van der Waals surface area contributed by atoms with Crippen LogP contribution >= 0.6 is 15.9 Å². The second-order valence-electron chi connectivity index (χ2n) is 7.89. The van der Waals surface area contributed by atoms with Crippen molar-refractivity contribution < 1.29 is 28.7 Å². The molecular weight excluding hydrogens is 558 g/mol. The van der Waals surface area contributed by atoms with Crippen LogP contribution in [0.25, 0.3) is 0 Å². The van der Waals surface area contributed by atoms with Crippen molar-refractivity contribution in [3.63, 3.8) is 0 Å². The van der Waals surface area contributed by atoms with Gasteiger partial charge in [0.05, 0.1) is 35.9 Å². The number of rotatable bonds is 13. The normalized spacial score (nSPS) is 10.7. The largest absolute Gasteiger partial charge is 0.493 e. The SMILES string of the molecule is CCCOc1ccc(C(=O)N/N=C/c2cc(Br)c(OCc3ccc([N+](=O)[O-])cc3)c(OC)c2)cc1OCC. The third-order valence-electron chi connectivity index (χ3n) is 5.13. The van der Waals surface area contributed by atoms with Crippen LogP contribution in [0.5, 0.6) is 23.0 Å². The molecule has 0 unspecified atom stereocenters. The molecule has 0 heterocycles. The van der Waals surface area contributed by atoms with Gasteiger partial charge >= 0.3 is 0 Å². The van der Waals surface area contributed by atoms with Crippen molar-refractivity contribution in [1.82, 2.24) is 5.43 Å². The number of hydrazone groups is 1. The number of ether oxygens (including phenoxy) is 4. The van der Waals surface area contributed by atoms with Gasteiger partial charge in [0.25, 0.3) is 11.6 Å². The number of hydrogen-bond donors (Lipinski definition) is 1. The van der Waals surface area contributed by atoms with Gasteiger partial charge < -0.3 is 18.9 Å². The molecule has 0 radical (unpaired) electrons. The van der Waals surface area contributed by atoms with Crippen molar-refractivity contribution in [2.24, 2.45) is 5.10 Å². The molecule has 0 fully saturated rings. The van der Waals surface area contributed by atoms with E-state index in [1.54, 1.807) is 42.5 Å². The molecule has 3 rings (SSSR count). The molecule has 0 spiro atoms. The molecule has 0 atom stereocenters. The first-order valence-electron chi connectivity index (χ1n) is 11.8. The molecule has 0 aliphatic heterocycles. The van der Waals surface area contributed by atoms with E-state index in [-0.39, 0.29) is 12.3 Å². The summed E-state index contributed by atoms with van der Waals surface area (Å²) in [5.74, 6) is 1.58. The zero-order chi connectivity index (χ0) is 27.5. The fourth-order valence-electron chi connectivity index (χ4n) is 3.30. The van der Waals surface area contributed by atoms with Gasteiger partial charge in [-0.3, -0.25) is 14.9 Å². The minimum Gasteiger partial charge on any atom is -0.493 e. The van der Waals surface area contributed by atoms with Gasteiger partial charge in [0.2, 0.25) is 0 Å². The lowest BCUT2D eigenvalue weighted by Gasteiger charge is -2.13. The number of halogens is 1. The Morgan fingerprint density at radius 2 is 1.79 bits per heavy atom. The van der Waals surface area contributed by atoms with Crippen molar-refractivity contribution in [2.75, 3.05) is 20.3 Å². The standard InChI is InChI=1S/C27H28BrN3O7/c1-4-12-37-23-11-8-20(15-24(23)36-5-2)27(32)30-29-16-19-13-22(28)26(25(14-19)35-3)38-17-18-6-9-21(10-7-18)31(33)34/h6-11,13-16H,4-5,12,17H2,1-3H3,(H,30,32)/b29-16+. The summed E-state index contributed by atoms with van der Waals surface area (Å²) in [6, 6.07) is 14.5. The third kappa shape index (κ3) is 7.69. The third-order valence-corrected chi connectivity index (χ3v) is 5.72. The molecular formula is C27H28BrN3O7. The molecule has 0 saturated heterocycles. The van der Waals surface area contributed by atoms with Crippen LogP contribution in [-0.2, 0) is 6.61 Å². The van der Waals surface area contributed by atoms with Gasteiger partial charge in [0.1, 0.15) is 6.61 Å². The number of carbonyl (C=O) groups excluding carboxylic acids is 1. The molecule has 3 aromatic carbocycles. The van der Waals surface area contributed by atoms with E-state index in [2.05, 4.69) is 26.5 Å². The predicted octanol–water partition coefficient (Wildman–Crippen LogP) is 5.90. The van der Waals surface area contributed by atoms with Gasteiger partial charge in [-0.05, 0) is 82.9 Å². The van der Waals surface area contributed by atoms with Gasteiger partial charge in [-0.25, -0.2) is 5.43 Å². The van der Waals surface area contributed by atoms with Gasteiger partial charge in [0.15, 0.2) is 23.0 Å².